The maximum absolute atomic E-state index is 14.7. The van der Waals surface area contributed by atoms with Crippen LogP contribution in [0.2, 0.25) is 0 Å². The number of nitriles is 1. The Morgan fingerprint density at radius 3 is 2.54 bits per heavy atom. The average Bonchev–Trinajstić information content (AvgIpc) is 3.24. The molecule has 13 heteroatoms. The van der Waals surface area contributed by atoms with E-state index in [-0.39, 0.29) is 41.9 Å². The highest BCUT2D eigenvalue weighted by Gasteiger charge is 2.30. The third kappa shape index (κ3) is 5.01. The van der Waals surface area contributed by atoms with Crippen molar-refractivity contribution in [3.05, 3.63) is 35.5 Å². The molecule has 0 bridgehead atoms. The lowest BCUT2D eigenvalue weighted by atomic mass is 9.85. The number of ether oxygens (including phenoxy) is 1. The third-order valence-corrected chi connectivity index (χ3v) is 6.91. The summed E-state index contributed by atoms with van der Waals surface area (Å²) in [5.74, 6) is -2.20. The van der Waals surface area contributed by atoms with Gasteiger partial charge in [0.15, 0.2) is 17.3 Å². The summed E-state index contributed by atoms with van der Waals surface area (Å²) in [5.41, 5.74) is 5.62. The number of aromatic nitrogens is 4. The summed E-state index contributed by atoms with van der Waals surface area (Å²) in [5, 5.41) is 14.7. The largest absolute Gasteiger partial charge is 0.378 e. The topological polar surface area (TPSA) is 144 Å². The number of nitrogens with one attached hydrogen (secondary N) is 2. The van der Waals surface area contributed by atoms with E-state index in [1.807, 2.05) is 0 Å². The van der Waals surface area contributed by atoms with E-state index < -0.39 is 29.5 Å². The van der Waals surface area contributed by atoms with Crippen LogP contribution >= 0.6 is 0 Å². The molecule has 3 aromatic rings. The van der Waals surface area contributed by atoms with Crippen LogP contribution < -0.4 is 16.4 Å². The minimum atomic E-state index is -1.22. The first-order chi connectivity index (χ1) is 17.8. The van der Waals surface area contributed by atoms with Gasteiger partial charge in [-0.25, -0.2) is 23.1 Å². The molecule has 2 aromatic heterocycles. The molecular weight excluding hydrogens is 489 g/mol. The molecule has 2 fully saturated rings. The van der Waals surface area contributed by atoms with E-state index in [4.69, 9.17) is 15.7 Å². The zero-order valence-corrected chi connectivity index (χ0v) is 19.8. The molecule has 1 aliphatic carbocycles. The number of nitrogens with two attached hydrogens (primary N) is 1. The Bertz CT molecular complexity index is 1340. The van der Waals surface area contributed by atoms with Gasteiger partial charge in [-0.15, -0.1) is 0 Å². The van der Waals surface area contributed by atoms with E-state index in [9.17, 15) is 18.0 Å². The van der Waals surface area contributed by atoms with E-state index in [2.05, 4.69) is 25.6 Å². The zero-order chi connectivity index (χ0) is 26.1. The Morgan fingerprint density at radius 2 is 1.89 bits per heavy atom. The summed E-state index contributed by atoms with van der Waals surface area (Å²) in [6.45, 7) is 0.397. The van der Waals surface area contributed by atoms with Crippen molar-refractivity contribution in [2.75, 3.05) is 23.8 Å². The van der Waals surface area contributed by atoms with E-state index in [0.29, 0.717) is 49.9 Å². The van der Waals surface area contributed by atoms with E-state index in [1.165, 1.54) is 6.20 Å². The highest BCUT2D eigenvalue weighted by Crippen LogP contribution is 2.37. The van der Waals surface area contributed by atoms with Crippen LogP contribution in [0.15, 0.2) is 18.3 Å². The zero-order valence-electron chi connectivity index (χ0n) is 19.8. The first kappa shape index (κ1) is 24.8. The predicted octanol–water partition coefficient (Wildman–Crippen LogP) is 3.48. The van der Waals surface area contributed by atoms with Crippen molar-refractivity contribution in [1.82, 2.24) is 19.5 Å². The van der Waals surface area contributed by atoms with Crippen LogP contribution in [0.25, 0.3) is 11.2 Å². The molecule has 1 saturated carbocycles. The number of anilines is 3. The highest BCUT2D eigenvalue weighted by molar-refractivity contribution is 5.78. The number of hydrogen-bond acceptors (Lipinski definition) is 8. The molecule has 3 heterocycles. The number of primary amides is 1. The summed E-state index contributed by atoms with van der Waals surface area (Å²) >= 11 is 0. The monoisotopic (exact) mass is 514 g/mol. The van der Waals surface area contributed by atoms with Gasteiger partial charge >= 0.3 is 0 Å². The number of amides is 1. The first-order valence-corrected chi connectivity index (χ1v) is 12.0. The number of alkyl halides is 1. The van der Waals surface area contributed by atoms with Crippen molar-refractivity contribution >= 4 is 34.7 Å². The molecule has 0 radical (unpaired) electrons. The number of carbonyl (C=O) groups is 1. The lowest BCUT2D eigenvalue weighted by molar-refractivity contribution is -0.122. The molecule has 1 aliphatic heterocycles. The molecule has 2 aliphatic rings. The molecule has 10 nitrogen and oxygen atoms in total. The summed E-state index contributed by atoms with van der Waals surface area (Å²) in [6.07, 6.45) is 2.89. The molecular formula is C24H25F3N8O2. The Hall–Kier alpha value is -3.92. The quantitative estimate of drug-likeness (QED) is 0.454. The van der Waals surface area contributed by atoms with E-state index in [1.54, 1.807) is 10.6 Å². The van der Waals surface area contributed by atoms with Gasteiger partial charge in [-0.05, 0) is 44.2 Å². The molecule has 5 rings (SSSR count). The molecule has 0 unspecified atom stereocenters. The lowest BCUT2D eigenvalue weighted by Gasteiger charge is -2.29. The number of imidazole rings is 1. The summed E-state index contributed by atoms with van der Waals surface area (Å²) in [7, 11) is 0. The van der Waals surface area contributed by atoms with Crippen LogP contribution in [0, 0.1) is 28.9 Å². The number of halogens is 3. The normalized spacial score (nSPS) is 23.9. The second-order valence-corrected chi connectivity index (χ2v) is 9.30. The van der Waals surface area contributed by atoms with Gasteiger partial charge in [0.1, 0.15) is 17.4 Å². The Balaban J connectivity index is 1.53. The summed E-state index contributed by atoms with van der Waals surface area (Å²) in [6, 6.07) is 2.85. The van der Waals surface area contributed by atoms with Crippen LogP contribution in [0.3, 0.4) is 0 Å². The fourth-order valence-corrected chi connectivity index (χ4v) is 4.91. The van der Waals surface area contributed by atoms with Crippen molar-refractivity contribution in [3.63, 3.8) is 0 Å². The third-order valence-electron chi connectivity index (χ3n) is 6.91. The Morgan fingerprint density at radius 1 is 1.16 bits per heavy atom. The molecule has 4 N–H and O–H groups in total. The molecule has 1 saturated heterocycles. The number of rotatable bonds is 6. The van der Waals surface area contributed by atoms with Gasteiger partial charge in [0, 0.05) is 18.6 Å². The second-order valence-electron chi connectivity index (χ2n) is 9.30. The van der Waals surface area contributed by atoms with Crippen molar-refractivity contribution < 1.29 is 22.7 Å². The van der Waals surface area contributed by atoms with Gasteiger partial charge in [-0.3, -0.25) is 9.36 Å². The van der Waals surface area contributed by atoms with E-state index >= 15 is 0 Å². The standard InChI is InChI=1S/C24H25F3N8O2/c25-15-7-12(9-28)8-16(26)20(15)33-24-32-19-10-30-23(31-18-5-6-37-11-17(18)27)34-22(19)35(24)14-3-1-13(2-4-14)21(29)36/h7-8,10,13-14,17-18H,1-6,11H2,(H2,29,36)(H,32,33)(H,30,31,34)/t13-,14+,17-,18-/m1/s1. The van der Waals surface area contributed by atoms with Crippen LogP contribution in [-0.4, -0.2) is 50.9 Å². The number of hydrogen-bond donors (Lipinski definition) is 3. The maximum Gasteiger partial charge on any atom is 0.225 e. The number of fused-ring (bicyclic) bond motifs is 1. The highest BCUT2D eigenvalue weighted by atomic mass is 19.1. The number of carbonyl (C=O) groups excluding carboxylic acids is 1. The van der Waals surface area contributed by atoms with Crippen molar-refractivity contribution in [1.29, 1.82) is 5.26 Å². The van der Waals surface area contributed by atoms with Gasteiger partial charge < -0.3 is 21.1 Å². The maximum atomic E-state index is 14.7. The number of nitrogens with zero attached hydrogens (tertiary/aromatic N) is 5. The first-order valence-electron chi connectivity index (χ1n) is 12.0. The van der Waals surface area contributed by atoms with Crippen LogP contribution in [0.4, 0.5) is 30.8 Å². The molecule has 37 heavy (non-hydrogen) atoms. The van der Waals surface area contributed by atoms with Crippen LogP contribution in [-0.2, 0) is 9.53 Å². The van der Waals surface area contributed by atoms with Gasteiger partial charge in [0.25, 0.3) is 0 Å². The second kappa shape index (κ2) is 10.2. The molecule has 0 spiro atoms. The Labute approximate surface area is 210 Å². The minimum absolute atomic E-state index is 0.0171. The Kier molecular flexibility index (Phi) is 6.84. The van der Waals surface area contributed by atoms with Crippen molar-refractivity contribution in [3.8, 4) is 6.07 Å². The van der Waals surface area contributed by atoms with Gasteiger partial charge in [-0.2, -0.15) is 10.2 Å². The minimum Gasteiger partial charge on any atom is -0.378 e. The predicted molar refractivity (Wildman–Crippen MR) is 128 cm³/mol. The average molecular weight is 515 g/mol. The molecule has 2 atom stereocenters. The van der Waals surface area contributed by atoms with Gasteiger partial charge in [-0.1, -0.05) is 0 Å². The summed E-state index contributed by atoms with van der Waals surface area (Å²) < 4.78 is 50.6. The van der Waals surface area contributed by atoms with Crippen LogP contribution in [0.1, 0.15) is 43.7 Å². The fourth-order valence-electron chi connectivity index (χ4n) is 4.91. The SMILES string of the molecule is N#Cc1cc(F)c(Nc2nc3cnc(N[C@@H]4CCOC[C@H]4F)nc3n2[C@H]2CC[C@@H](C(N)=O)CC2)c(F)c1. The van der Waals surface area contributed by atoms with Crippen molar-refractivity contribution in [2.24, 2.45) is 11.7 Å². The fraction of sp³-hybridized carbons (Fsp3) is 0.458. The number of benzene rings is 1. The van der Waals surface area contributed by atoms with Crippen LogP contribution in [0.5, 0.6) is 0 Å². The lowest BCUT2D eigenvalue weighted by Crippen LogP contribution is -2.39. The van der Waals surface area contributed by atoms with Gasteiger partial charge in [0.2, 0.25) is 17.8 Å². The van der Waals surface area contributed by atoms with Gasteiger partial charge in [0.05, 0.1) is 30.5 Å². The smallest absolute Gasteiger partial charge is 0.225 e. The molecule has 1 aromatic carbocycles. The summed E-state index contributed by atoms with van der Waals surface area (Å²) in [4.78, 5) is 25.0. The van der Waals surface area contributed by atoms with Crippen molar-refractivity contribution in [2.45, 2.75) is 50.4 Å². The van der Waals surface area contributed by atoms with E-state index in [0.717, 1.165) is 12.1 Å². The molecule has 194 valence electrons. The molecule has 1 amide bonds.